The molecule has 0 radical (unpaired) electrons. The molecule has 21 heavy (non-hydrogen) atoms. The molecule has 0 bridgehead atoms. The van der Waals surface area contributed by atoms with Gasteiger partial charge in [-0.3, -0.25) is 4.79 Å². The lowest BCUT2D eigenvalue weighted by Crippen LogP contribution is -2.49. The average Bonchev–Trinajstić information content (AvgIpc) is 2.87. The van der Waals surface area contributed by atoms with Crippen molar-refractivity contribution in [1.82, 2.24) is 15.3 Å². The van der Waals surface area contributed by atoms with Crippen LogP contribution in [0.5, 0.6) is 0 Å². The van der Waals surface area contributed by atoms with E-state index in [1.165, 1.54) is 6.33 Å². The Kier molecular flexibility index (Phi) is 12.4. The zero-order valence-electron chi connectivity index (χ0n) is 11.4. The Labute approximate surface area is 139 Å². The highest BCUT2D eigenvalue weighted by molar-refractivity contribution is 7.98. The van der Waals surface area contributed by atoms with Crippen LogP contribution in [0.3, 0.4) is 0 Å². The number of aromatic nitrogens is 2. The van der Waals surface area contributed by atoms with Crippen molar-refractivity contribution in [2.24, 2.45) is 5.73 Å². The Balaban J connectivity index is 0. The van der Waals surface area contributed by atoms with Gasteiger partial charge in [0.2, 0.25) is 5.91 Å². The maximum atomic E-state index is 11.8. The normalized spacial score (nSPS) is 12.5. The van der Waals surface area contributed by atoms with Crippen LogP contribution in [-0.4, -0.2) is 51.0 Å². The van der Waals surface area contributed by atoms with Crippen LogP contribution in [0.4, 0.5) is 0 Å². The molecule has 0 fully saturated rings. The minimum atomic E-state index is -1.10. The molecule has 0 spiro atoms. The molecule has 0 unspecified atom stereocenters. The van der Waals surface area contributed by atoms with E-state index in [9.17, 15) is 9.59 Å². The van der Waals surface area contributed by atoms with Gasteiger partial charge in [0.05, 0.1) is 18.1 Å². The number of carbonyl (C=O) groups is 2. The Morgan fingerprint density at radius 3 is 2.67 bits per heavy atom. The number of imidazole rings is 1. The molecule has 1 aromatic heterocycles. The molecule has 5 N–H and O–H groups in total. The second-order valence-corrected chi connectivity index (χ2v) is 5.04. The van der Waals surface area contributed by atoms with Gasteiger partial charge in [0.15, 0.2) is 0 Å². The van der Waals surface area contributed by atoms with Gasteiger partial charge in [-0.25, -0.2) is 9.78 Å². The number of aromatic amines is 1. The van der Waals surface area contributed by atoms with E-state index in [0.717, 1.165) is 5.75 Å². The fraction of sp³-hybridized carbons (Fsp3) is 0.545. The number of carbonyl (C=O) groups excluding carboxylic acids is 1. The average molecular weight is 359 g/mol. The number of aliphatic carboxylic acids is 1. The Morgan fingerprint density at radius 2 is 2.19 bits per heavy atom. The summed E-state index contributed by atoms with van der Waals surface area (Å²) in [6, 6.07) is -1.70. The number of thioether (sulfide) groups is 1. The zero-order chi connectivity index (χ0) is 14.3. The van der Waals surface area contributed by atoms with E-state index in [1.807, 2.05) is 6.26 Å². The van der Waals surface area contributed by atoms with Crippen LogP contribution < -0.4 is 11.1 Å². The third kappa shape index (κ3) is 8.15. The SMILES string of the molecule is CSCC[C@H](N)C(=O)N[C@@H](Cc1c[nH]cn1)C(=O)O.Cl.Cl. The highest BCUT2D eigenvalue weighted by Crippen LogP contribution is 2.02. The molecule has 0 saturated heterocycles. The van der Waals surface area contributed by atoms with Crippen molar-refractivity contribution >= 4 is 48.5 Å². The molecule has 0 aliphatic heterocycles. The molecular weight excluding hydrogens is 339 g/mol. The van der Waals surface area contributed by atoms with Gasteiger partial charge in [-0.2, -0.15) is 11.8 Å². The lowest BCUT2D eigenvalue weighted by atomic mass is 10.1. The molecule has 1 heterocycles. The summed E-state index contributed by atoms with van der Waals surface area (Å²) in [5, 5.41) is 11.5. The molecule has 0 aromatic carbocycles. The number of halogens is 2. The van der Waals surface area contributed by atoms with Gasteiger partial charge in [0, 0.05) is 12.6 Å². The van der Waals surface area contributed by atoms with Crippen LogP contribution in [0.2, 0.25) is 0 Å². The summed E-state index contributed by atoms with van der Waals surface area (Å²) in [6.07, 6.45) is 5.61. The van der Waals surface area contributed by atoms with Gasteiger partial charge < -0.3 is 21.1 Å². The van der Waals surface area contributed by atoms with Crippen LogP contribution in [0.25, 0.3) is 0 Å². The summed E-state index contributed by atoms with van der Waals surface area (Å²) in [7, 11) is 0. The number of hydrogen-bond acceptors (Lipinski definition) is 5. The van der Waals surface area contributed by atoms with Crippen molar-refractivity contribution < 1.29 is 14.7 Å². The standard InChI is InChI=1S/C11H18N4O3S.2ClH/c1-19-3-2-8(12)10(16)15-9(11(17)18)4-7-5-13-6-14-7;;/h5-6,8-9H,2-4,12H2,1H3,(H,13,14)(H,15,16)(H,17,18);2*1H/t8-,9-;;/m0../s1. The first-order valence-electron chi connectivity index (χ1n) is 5.80. The third-order valence-electron chi connectivity index (χ3n) is 2.55. The summed E-state index contributed by atoms with van der Waals surface area (Å²) >= 11 is 1.59. The first kappa shape index (κ1) is 22.3. The highest BCUT2D eigenvalue weighted by Gasteiger charge is 2.23. The van der Waals surface area contributed by atoms with Crippen LogP contribution in [-0.2, 0) is 16.0 Å². The second kappa shape index (κ2) is 11.7. The molecule has 2 atom stereocenters. The number of amides is 1. The number of nitrogens with one attached hydrogen (secondary N) is 2. The van der Waals surface area contributed by atoms with E-state index in [2.05, 4.69) is 15.3 Å². The van der Waals surface area contributed by atoms with Gasteiger partial charge >= 0.3 is 5.97 Å². The molecule has 10 heteroatoms. The van der Waals surface area contributed by atoms with Crippen molar-refractivity contribution in [3.8, 4) is 0 Å². The fourth-order valence-electron chi connectivity index (χ4n) is 1.47. The van der Waals surface area contributed by atoms with Crippen LogP contribution >= 0.6 is 36.6 Å². The van der Waals surface area contributed by atoms with Crippen molar-refractivity contribution in [2.45, 2.75) is 24.9 Å². The predicted octanol–water partition coefficient (Wildman–Crippen LogP) is 0.446. The smallest absolute Gasteiger partial charge is 0.326 e. The van der Waals surface area contributed by atoms with Gasteiger partial charge in [0.25, 0.3) is 0 Å². The highest BCUT2D eigenvalue weighted by atomic mass is 35.5. The summed E-state index contributed by atoms with van der Waals surface area (Å²) < 4.78 is 0. The molecule has 1 rings (SSSR count). The first-order valence-corrected chi connectivity index (χ1v) is 7.19. The third-order valence-corrected chi connectivity index (χ3v) is 3.20. The monoisotopic (exact) mass is 358 g/mol. The molecule has 7 nitrogen and oxygen atoms in total. The molecule has 1 amide bonds. The number of carboxylic acid groups (broad SMARTS) is 1. The first-order chi connectivity index (χ1) is 9.04. The lowest BCUT2D eigenvalue weighted by Gasteiger charge is -2.16. The molecule has 0 aliphatic rings. The van der Waals surface area contributed by atoms with Crippen LogP contribution in [0.15, 0.2) is 12.5 Å². The Morgan fingerprint density at radius 1 is 1.52 bits per heavy atom. The van der Waals surface area contributed by atoms with Gasteiger partial charge in [-0.1, -0.05) is 0 Å². The predicted molar refractivity (Wildman–Crippen MR) is 87.3 cm³/mol. The maximum Gasteiger partial charge on any atom is 0.326 e. The minimum absolute atomic E-state index is 0. The minimum Gasteiger partial charge on any atom is -0.480 e. The van der Waals surface area contributed by atoms with Gasteiger partial charge in [-0.15, -0.1) is 24.8 Å². The van der Waals surface area contributed by atoms with E-state index in [1.54, 1.807) is 18.0 Å². The lowest BCUT2D eigenvalue weighted by molar-refractivity contribution is -0.142. The van der Waals surface area contributed by atoms with Crippen molar-refractivity contribution in [1.29, 1.82) is 0 Å². The maximum absolute atomic E-state index is 11.8. The number of rotatable bonds is 8. The zero-order valence-corrected chi connectivity index (χ0v) is 13.9. The number of hydrogen-bond donors (Lipinski definition) is 4. The topological polar surface area (TPSA) is 121 Å². The van der Waals surface area contributed by atoms with Crippen molar-refractivity contribution in [3.63, 3.8) is 0 Å². The van der Waals surface area contributed by atoms with Gasteiger partial charge in [-0.05, 0) is 18.4 Å². The molecule has 122 valence electrons. The summed E-state index contributed by atoms with van der Waals surface area (Å²) in [6.45, 7) is 0. The number of carboxylic acids is 1. The largest absolute Gasteiger partial charge is 0.480 e. The number of nitrogens with zero attached hydrogens (tertiary/aromatic N) is 1. The molecule has 1 aromatic rings. The van der Waals surface area contributed by atoms with Crippen LogP contribution in [0, 0.1) is 0 Å². The number of nitrogens with two attached hydrogens (primary N) is 1. The van der Waals surface area contributed by atoms with Crippen LogP contribution in [0.1, 0.15) is 12.1 Å². The number of H-pyrrole nitrogens is 1. The molecule has 0 aliphatic carbocycles. The van der Waals surface area contributed by atoms with E-state index in [0.29, 0.717) is 12.1 Å². The van der Waals surface area contributed by atoms with E-state index in [-0.39, 0.29) is 31.2 Å². The van der Waals surface area contributed by atoms with Gasteiger partial charge in [0.1, 0.15) is 6.04 Å². The van der Waals surface area contributed by atoms with Crippen molar-refractivity contribution in [2.75, 3.05) is 12.0 Å². The second-order valence-electron chi connectivity index (χ2n) is 4.05. The summed E-state index contributed by atoms with van der Waals surface area (Å²) in [5.41, 5.74) is 6.26. The van der Waals surface area contributed by atoms with E-state index in [4.69, 9.17) is 10.8 Å². The van der Waals surface area contributed by atoms with E-state index < -0.39 is 24.0 Å². The quantitative estimate of drug-likeness (QED) is 0.535. The van der Waals surface area contributed by atoms with E-state index >= 15 is 0 Å². The van der Waals surface area contributed by atoms with Crippen molar-refractivity contribution in [3.05, 3.63) is 18.2 Å². The molecular formula is C11H20Cl2N4O3S. The summed E-state index contributed by atoms with van der Waals surface area (Å²) in [5.74, 6) is -0.795. The molecule has 0 saturated carbocycles. The fourth-order valence-corrected chi connectivity index (χ4v) is 1.96. The Hall–Kier alpha value is -0.960. The Bertz CT molecular complexity index is 420. The summed E-state index contributed by atoms with van der Waals surface area (Å²) in [4.78, 5) is 29.5.